The summed E-state index contributed by atoms with van der Waals surface area (Å²) in [7, 11) is 0. The summed E-state index contributed by atoms with van der Waals surface area (Å²) in [6.45, 7) is 3.43. The molecule has 0 spiro atoms. The first-order chi connectivity index (χ1) is 13.5. The third kappa shape index (κ3) is 3.34. The van der Waals surface area contributed by atoms with E-state index < -0.39 is 12.1 Å². The summed E-state index contributed by atoms with van der Waals surface area (Å²) in [5.41, 5.74) is 3.34. The van der Waals surface area contributed by atoms with Crippen molar-refractivity contribution in [3.8, 4) is 10.6 Å². The van der Waals surface area contributed by atoms with Crippen LogP contribution in [0, 0.1) is 6.92 Å². The van der Waals surface area contributed by atoms with Gasteiger partial charge in [-0.15, -0.1) is 11.3 Å². The summed E-state index contributed by atoms with van der Waals surface area (Å²) >= 11 is 1.37. The molecule has 140 valence electrons. The van der Waals surface area contributed by atoms with E-state index in [1.807, 2.05) is 61.5 Å². The number of aromatic nitrogens is 2. The van der Waals surface area contributed by atoms with Crippen molar-refractivity contribution in [1.82, 2.24) is 9.97 Å². The maximum absolute atomic E-state index is 12.9. The highest BCUT2D eigenvalue weighted by Gasteiger charge is 2.25. The van der Waals surface area contributed by atoms with Crippen molar-refractivity contribution < 1.29 is 14.3 Å². The third-order valence-corrected chi connectivity index (χ3v) is 5.42. The smallest absolute Gasteiger partial charge is 0.358 e. The minimum atomic E-state index is -0.910. The average molecular weight is 390 g/mol. The Morgan fingerprint density at radius 1 is 1.07 bits per heavy atom. The van der Waals surface area contributed by atoms with Crippen LogP contribution in [-0.2, 0) is 4.74 Å². The molecule has 0 saturated carbocycles. The van der Waals surface area contributed by atoms with Gasteiger partial charge < -0.3 is 9.72 Å². The number of hydrogen-bond donors (Lipinski definition) is 1. The van der Waals surface area contributed by atoms with Crippen molar-refractivity contribution in [2.45, 2.75) is 20.0 Å². The molecule has 2 aromatic heterocycles. The second-order valence-corrected chi connectivity index (χ2v) is 7.34. The number of ether oxygens (including phenoxy) is 1. The number of ketones is 1. The molecule has 0 aliphatic heterocycles. The maximum atomic E-state index is 12.9. The van der Waals surface area contributed by atoms with E-state index in [4.69, 9.17) is 4.74 Å². The van der Waals surface area contributed by atoms with Gasteiger partial charge in [0, 0.05) is 33.1 Å². The fourth-order valence-electron chi connectivity index (χ4n) is 3.15. The molecular weight excluding hydrogens is 372 g/mol. The Balaban J connectivity index is 1.52. The second kappa shape index (κ2) is 7.40. The van der Waals surface area contributed by atoms with E-state index in [9.17, 15) is 9.59 Å². The molecule has 6 heteroatoms. The normalized spacial score (nSPS) is 12.1. The van der Waals surface area contributed by atoms with Crippen molar-refractivity contribution in [3.63, 3.8) is 0 Å². The van der Waals surface area contributed by atoms with Gasteiger partial charge in [0.2, 0.25) is 5.78 Å². The van der Waals surface area contributed by atoms with E-state index in [2.05, 4.69) is 9.97 Å². The van der Waals surface area contributed by atoms with E-state index in [0.29, 0.717) is 5.56 Å². The Bertz CT molecular complexity index is 1160. The largest absolute Gasteiger partial charge is 0.450 e. The summed E-state index contributed by atoms with van der Waals surface area (Å²) in [6, 6.07) is 17.2. The number of carbonyl (C=O) groups excluding carboxylic acids is 2. The summed E-state index contributed by atoms with van der Waals surface area (Å²) in [5, 5.41) is 3.21. The van der Waals surface area contributed by atoms with Crippen LogP contribution in [0.2, 0.25) is 0 Å². The first-order valence-corrected chi connectivity index (χ1v) is 9.76. The van der Waals surface area contributed by atoms with Crippen molar-refractivity contribution in [2.75, 3.05) is 0 Å². The van der Waals surface area contributed by atoms with Crippen molar-refractivity contribution in [3.05, 3.63) is 76.9 Å². The molecule has 0 saturated heterocycles. The number of nitrogens with zero attached hydrogens (tertiary/aromatic N) is 1. The molecule has 4 rings (SSSR count). The van der Waals surface area contributed by atoms with Gasteiger partial charge in [0.25, 0.3) is 0 Å². The molecule has 0 aliphatic rings. The van der Waals surface area contributed by atoms with Gasteiger partial charge in [-0.1, -0.05) is 48.5 Å². The van der Waals surface area contributed by atoms with Crippen LogP contribution in [0.1, 0.15) is 33.5 Å². The van der Waals surface area contributed by atoms with Gasteiger partial charge in [0.15, 0.2) is 11.8 Å². The molecular formula is C22H18N2O3S. The zero-order valence-corrected chi connectivity index (χ0v) is 16.2. The number of H-pyrrole nitrogens is 1. The van der Waals surface area contributed by atoms with E-state index in [1.54, 1.807) is 12.3 Å². The first-order valence-electron chi connectivity index (χ1n) is 8.88. The van der Waals surface area contributed by atoms with Crippen LogP contribution in [0.15, 0.2) is 60.0 Å². The summed E-state index contributed by atoms with van der Waals surface area (Å²) < 4.78 is 5.42. The highest BCUT2D eigenvalue weighted by atomic mass is 32.1. The number of para-hydroxylation sites is 1. The molecule has 0 unspecified atom stereocenters. The molecule has 0 bridgehead atoms. The lowest BCUT2D eigenvalue weighted by Crippen LogP contribution is -2.25. The second-order valence-electron chi connectivity index (χ2n) is 6.49. The van der Waals surface area contributed by atoms with Crippen LogP contribution in [-0.4, -0.2) is 27.8 Å². The number of fused-ring (bicyclic) bond motifs is 1. The molecule has 2 aromatic carbocycles. The zero-order valence-electron chi connectivity index (χ0n) is 15.4. The standard InChI is InChI=1S/C22H18N2O3S/c1-13-19(16-10-6-7-11-17(16)23-13)20(25)14(2)27-22(26)18-12-28-21(24-18)15-8-4-3-5-9-15/h3-12,14,23H,1-2H3/t14-/m1/s1. The van der Waals surface area contributed by atoms with Crippen LogP contribution >= 0.6 is 11.3 Å². The monoisotopic (exact) mass is 390 g/mol. The number of aryl methyl sites for hydroxylation is 1. The fraction of sp³-hybridized carbons (Fsp3) is 0.136. The van der Waals surface area contributed by atoms with Gasteiger partial charge in [-0.05, 0) is 19.9 Å². The summed E-state index contributed by atoms with van der Waals surface area (Å²) in [6.07, 6.45) is -0.910. The molecule has 0 aliphatic carbocycles. The Labute approximate surface area is 166 Å². The maximum Gasteiger partial charge on any atom is 0.358 e. The number of esters is 1. The van der Waals surface area contributed by atoms with Gasteiger partial charge in [-0.3, -0.25) is 4.79 Å². The summed E-state index contributed by atoms with van der Waals surface area (Å²) in [4.78, 5) is 33.0. The highest BCUT2D eigenvalue weighted by molar-refractivity contribution is 7.13. The average Bonchev–Trinajstić information content (AvgIpc) is 3.32. The third-order valence-electron chi connectivity index (χ3n) is 4.53. The zero-order chi connectivity index (χ0) is 19.7. The van der Waals surface area contributed by atoms with Crippen LogP contribution in [0.5, 0.6) is 0 Å². The van der Waals surface area contributed by atoms with Gasteiger partial charge in [0.1, 0.15) is 5.01 Å². The van der Waals surface area contributed by atoms with E-state index in [-0.39, 0.29) is 11.5 Å². The molecule has 4 aromatic rings. The quantitative estimate of drug-likeness (QED) is 0.383. The highest BCUT2D eigenvalue weighted by Crippen LogP contribution is 2.26. The molecule has 1 atom stereocenters. The molecule has 0 amide bonds. The number of benzene rings is 2. The predicted molar refractivity (Wildman–Crippen MR) is 110 cm³/mol. The number of nitrogens with one attached hydrogen (secondary N) is 1. The number of hydrogen-bond acceptors (Lipinski definition) is 5. The van der Waals surface area contributed by atoms with E-state index in [0.717, 1.165) is 27.2 Å². The number of aromatic amines is 1. The molecule has 1 N–H and O–H groups in total. The Hall–Kier alpha value is -3.25. The van der Waals surface area contributed by atoms with E-state index >= 15 is 0 Å². The fourth-order valence-corrected chi connectivity index (χ4v) is 3.95. The summed E-state index contributed by atoms with van der Waals surface area (Å²) in [5.74, 6) is -0.835. The van der Waals surface area contributed by atoms with Crippen molar-refractivity contribution in [1.29, 1.82) is 0 Å². The predicted octanol–water partition coefficient (Wildman–Crippen LogP) is 5.03. The molecule has 5 nitrogen and oxygen atoms in total. The van der Waals surface area contributed by atoms with Crippen LogP contribution < -0.4 is 0 Å². The minimum Gasteiger partial charge on any atom is -0.450 e. The number of Topliss-reactive ketones (excluding diaryl/α,β-unsaturated/α-hetero) is 1. The SMILES string of the molecule is Cc1[nH]c2ccccc2c1C(=O)[C@@H](C)OC(=O)c1csc(-c2ccccc2)n1. The number of thiazole rings is 1. The lowest BCUT2D eigenvalue weighted by atomic mass is 10.0. The Morgan fingerprint density at radius 2 is 1.79 bits per heavy atom. The number of rotatable bonds is 5. The van der Waals surface area contributed by atoms with Crippen LogP contribution in [0.4, 0.5) is 0 Å². The molecule has 28 heavy (non-hydrogen) atoms. The first kappa shape index (κ1) is 18.1. The Morgan fingerprint density at radius 3 is 2.57 bits per heavy atom. The number of carbonyl (C=O) groups is 2. The molecule has 2 heterocycles. The van der Waals surface area contributed by atoms with Crippen molar-refractivity contribution in [2.24, 2.45) is 0 Å². The van der Waals surface area contributed by atoms with E-state index in [1.165, 1.54) is 11.3 Å². The van der Waals surface area contributed by atoms with Crippen molar-refractivity contribution >= 4 is 34.0 Å². The van der Waals surface area contributed by atoms with Gasteiger partial charge >= 0.3 is 5.97 Å². The van der Waals surface area contributed by atoms with Gasteiger partial charge in [-0.25, -0.2) is 9.78 Å². The van der Waals surface area contributed by atoms with Crippen LogP contribution in [0.3, 0.4) is 0 Å². The van der Waals surface area contributed by atoms with Crippen LogP contribution in [0.25, 0.3) is 21.5 Å². The van der Waals surface area contributed by atoms with Gasteiger partial charge in [-0.2, -0.15) is 0 Å². The van der Waals surface area contributed by atoms with Gasteiger partial charge in [0.05, 0.1) is 0 Å². The lowest BCUT2D eigenvalue weighted by molar-refractivity contribution is 0.0314. The lowest BCUT2D eigenvalue weighted by Gasteiger charge is -2.11. The Kier molecular flexibility index (Phi) is 4.79. The molecule has 0 radical (unpaired) electrons. The minimum absolute atomic E-state index is 0.208. The topological polar surface area (TPSA) is 72.1 Å². The molecule has 0 fully saturated rings.